The van der Waals surface area contributed by atoms with Gasteiger partial charge in [-0.1, -0.05) is 80.9 Å². The average Bonchev–Trinajstić information content (AvgIpc) is 2.93. The van der Waals surface area contributed by atoms with Crippen molar-refractivity contribution in [2.75, 3.05) is 6.61 Å². The molecule has 0 heterocycles. The van der Waals surface area contributed by atoms with Crippen molar-refractivity contribution in [3.8, 4) is 0 Å². The Morgan fingerprint density at radius 1 is 0.625 bits per heavy atom. The number of hydrogen-bond acceptors (Lipinski definition) is 9. The number of carboxylic acid groups (broad SMARTS) is 4. The first-order chi connectivity index (χ1) is 18.7. The first-order valence-corrected chi connectivity index (χ1v) is 12.3. The number of aliphatic carboxylic acids is 4. The highest BCUT2D eigenvalue weighted by atomic mass is 16.4. The molecule has 0 aliphatic carbocycles. The molecule has 0 radical (unpaired) electrons. The monoisotopic (exact) mass is 566 g/mol. The van der Waals surface area contributed by atoms with Gasteiger partial charge in [-0.25, -0.2) is 0 Å². The van der Waals surface area contributed by atoms with E-state index in [4.69, 9.17) is 48.5 Å². The SMILES string of the molecule is CC[C@H](C)[C@H](N)C(=O)O.N[C@@H](CO)C(=O)O.N[C@@H](Cc1ccccc1)C(=O)O.N[C@@H](Cc1ccccc1)C(=O)O. The summed E-state index contributed by atoms with van der Waals surface area (Å²) in [5, 5.41) is 41.3. The minimum absolute atomic E-state index is 0.0718. The fourth-order valence-corrected chi connectivity index (χ4v) is 2.49. The summed E-state index contributed by atoms with van der Waals surface area (Å²) in [6.45, 7) is 3.25. The summed E-state index contributed by atoms with van der Waals surface area (Å²) in [7, 11) is 0. The molecule has 0 fully saturated rings. The van der Waals surface area contributed by atoms with Crippen LogP contribution in [0.15, 0.2) is 60.7 Å². The Morgan fingerprint density at radius 3 is 1.12 bits per heavy atom. The standard InChI is InChI=1S/2C9H11NO2.C6H13NO2.C3H7NO3/c2*10-8(9(11)12)6-7-4-2-1-3-5-7;1-3-4(2)5(7)6(8)9;4-2(1-5)3(6)7/h2*1-5,8H,6,10H2,(H,11,12);4-5H,3,7H2,1-2H3,(H,8,9);2,5H,1,4H2,(H,6,7)/t2*8-;4-,5-;2-/m0000/s1. The van der Waals surface area contributed by atoms with Crippen molar-refractivity contribution in [1.29, 1.82) is 0 Å². The third-order valence-corrected chi connectivity index (χ3v) is 5.29. The molecule has 0 aliphatic rings. The molecular formula is C27H42N4O9. The fraction of sp³-hybridized carbons (Fsp3) is 0.407. The lowest BCUT2D eigenvalue weighted by atomic mass is 10.0. The third-order valence-electron chi connectivity index (χ3n) is 5.29. The van der Waals surface area contributed by atoms with E-state index in [0.717, 1.165) is 17.5 Å². The molecule has 0 unspecified atom stereocenters. The molecule has 0 saturated carbocycles. The molecule has 0 spiro atoms. The minimum Gasteiger partial charge on any atom is -0.480 e. The summed E-state index contributed by atoms with van der Waals surface area (Å²) < 4.78 is 0. The Hall–Kier alpha value is -3.88. The van der Waals surface area contributed by atoms with Gasteiger partial charge in [-0.2, -0.15) is 0 Å². The molecule has 13 nitrogen and oxygen atoms in total. The summed E-state index contributed by atoms with van der Waals surface area (Å²) in [6.07, 6.45) is 1.58. The summed E-state index contributed by atoms with van der Waals surface area (Å²) in [5.74, 6) is -3.94. The van der Waals surface area contributed by atoms with Crippen molar-refractivity contribution >= 4 is 23.9 Å². The Kier molecular flexibility index (Phi) is 21.0. The summed E-state index contributed by atoms with van der Waals surface area (Å²) >= 11 is 0. The molecule has 224 valence electrons. The van der Waals surface area contributed by atoms with Gasteiger partial charge in [0.2, 0.25) is 0 Å². The molecule has 40 heavy (non-hydrogen) atoms. The lowest BCUT2D eigenvalue weighted by molar-refractivity contribution is -0.140. The Labute approximate surface area is 233 Å². The zero-order valence-electron chi connectivity index (χ0n) is 22.7. The van der Waals surface area contributed by atoms with Crippen LogP contribution in [0, 0.1) is 5.92 Å². The van der Waals surface area contributed by atoms with Crippen LogP contribution in [0.3, 0.4) is 0 Å². The van der Waals surface area contributed by atoms with Crippen LogP contribution >= 0.6 is 0 Å². The van der Waals surface area contributed by atoms with Gasteiger partial charge in [-0.15, -0.1) is 0 Å². The molecular weight excluding hydrogens is 524 g/mol. The van der Waals surface area contributed by atoms with Crippen molar-refractivity contribution in [3.63, 3.8) is 0 Å². The number of aliphatic hydroxyl groups is 1. The van der Waals surface area contributed by atoms with Crippen LogP contribution in [0.2, 0.25) is 0 Å². The first kappa shape index (κ1) is 38.3. The number of hydrogen-bond donors (Lipinski definition) is 9. The maximum absolute atomic E-state index is 10.4. The van der Waals surface area contributed by atoms with Gasteiger partial charge in [0.25, 0.3) is 0 Å². The Bertz CT molecular complexity index is 937. The second-order valence-electron chi connectivity index (χ2n) is 8.65. The zero-order chi connectivity index (χ0) is 31.3. The highest BCUT2D eigenvalue weighted by Crippen LogP contribution is 2.04. The molecule has 0 bridgehead atoms. The molecule has 0 amide bonds. The van der Waals surface area contributed by atoms with Gasteiger partial charge < -0.3 is 48.5 Å². The van der Waals surface area contributed by atoms with E-state index in [0.29, 0.717) is 12.8 Å². The maximum atomic E-state index is 10.4. The van der Waals surface area contributed by atoms with Gasteiger partial charge in [-0.3, -0.25) is 19.2 Å². The van der Waals surface area contributed by atoms with E-state index in [2.05, 4.69) is 0 Å². The van der Waals surface area contributed by atoms with Crippen molar-refractivity contribution in [2.45, 2.75) is 57.3 Å². The van der Waals surface area contributed by atoms with E-state index in [1.54, 1.807) is 0 Å². The van der Waals surface area contributed by atoms with Crippen molar-refractivity contribution < 1.29 is 44.7 Å². The van der Waals surface area contributed by atoms with E-state index in [9.17, 15) is 19.2 Å². The van der Waals surface area contributed by atoms with Crippen molar-refractivity contribution in [1.82, 2.24) is 0 Å². The maximum Gasteiger partial charge on any atom is 0.322 e. The van der Waals surface area contributed by atoms with Crippen LogP contribution in [0.25, 0.3) is 0 Å². The van der Waals surface area contributed by atoms with Crippen LogP contribution in [-0.4, -0.2) is 80.2 Å². The molecule has 2 aromatic carbocycles. The molecule has 13 N–H and O–H groups in total. The van der Waals surface area contributed by atoms with E-state index < -0.39 is 54.7 Å². The summed E-state index contributed by atoms with van der Waals surface area (Å²) in [4.78, 5) is 40.6. The Balaban J connectivity index is 0. The minimum atomic E-state index is -1.18. The second kappa shape index (κ2) is 22.0. The smallest absolute Gasteiger partial charge is 0.322 e. The quantitative estimate of drug-likeness (QED) is 0.175. The van der Waals surface area contributed by atoms with Gasteiger partial charge in [0.15, 0.2) is 0 Å². The lowest BCUT2D eigenvalue weighted by Crippen LogP contribution is -2.36. The highest BCUT2D eigenvalue weighted by Gasteiger charge is 2.17. The largest absolute Gasteiger partial charge is 0.480 e. The zero-order valence-corrected chi connectivity index (χ0v) is 22.7. The Morgan fingerprint density at radius 2 is 0.950 bits per heavy atom. The fourth-order valence-electron chi connectivity index (χ4n) is 2.49. The number of nitrogens with two attached hydrogens (primary N) is 4. The third kappa shape index (κ3) is 19.2. The topological polar surface area (TPSA) is 274 Å². The van der Waals surface area contributed by atoms with Crippen LogP contribution < -0.4 is 22.9 Å². The number of carboxylic acids is 4. The molecule has 2 aromatic rings. The van der Waals surface area contributed by atoms with Crippen LogP contribution in [-0.2, 0) is 32.0 Å². The molecule has 5 atom stereocenters. The second-order valence-corrected chi connectivity index (χ2v) is 8.65. The predicted molar refractivity (Wildman–Crippen MR) is 149 cm³/mol. The molecule has 0 aromatic heterocycles. The van der Waals surface area contributed by atoms with E-state index in [1.165, 1.54) is 0 Å². The van der Waals surface area contributed by atoms with Gasteiger partial charge in [0.05, 0.1) is 6.61 Å². The molecule has 2 rings (SSSR count). The van der Waals surface area contributed by atoms with E-state index in [1.807, 2.05) is 74.5 Å². The van der Waals surface area contributed by atoms with Gasteiger partial charge >= 0.3 is 23.9 Å². The van der Waals surface area contributed by atoms with Gasteiger partial charge in [-0.05, 0) is 29.9 Å². The predicted octanol–water partition coefficient (Wildman–Crippen LogP) is 0.117. The molecule has 0 saturated heterocycles. The van der Waals surface area contributed by atoms with E-state index in [-0.39, 0.29) is 5.92 Å². The van der Waals surface area contributed by atoms with Crippen LogP contribution in [0.4, 0.5) is 0 Å². The summed E-state index contributed by atoms with van der Waals surface area (Å²) in [5.41, 5.74) is 22.6. The lowest BCUT2D eigenvalue weighted by Gasteiger charge is -2.11. The summed E-state index contributed by atoms with van der Waals surface area (Å²) in [6, 6.07) is 15.3. The highest BCUT2D eigenvalue weighted by molar-refractivity contribution is 5.74. The van der Waals surface area contributed by atoms with Gasteiger partial charge in [0.1, 0.15) is 24.2 Å². The van der Waals surface area contributed by atoms with Crippen LogP contribution in [0.1, 0.15) is 31.4 Å². The van der Waals surface area contributed by atoms with Crippen molar-refractivity contribution in [2.24, 2.45) is 28.9 Å². The number of rotatable bonds is 11. The normalized spacial score (nSPS) is 13.6. The average molecular weight is 567 g/mol. The van der Waals surface area contributed by atoms with Crippen LogP contribution in [0.5, 0.6) is 0 Å². The number of carbonyl (C=O) groups is 4. The number of aliphatic hydroxyl groups excluding tert-OH is 1. The van der Waals surface area contributed by atoms with Gasteiger partial charge in [0, 0.05) is 0 Å². The van der Waals surface area contributed by atoms with Crippen molar-refractivity contribution in [3.05, 3.63) is 71.8 Å². The van der Waals surface area contributed by atoms with E-state index >= 15 is 0 Å². The number of benzene rings is 2. The molecule has 0 aliphatic heterocycles. The molecule has 13 heteroatoms. The first-order valence-electron chi connectivity index (χ1n) is 12.3.